The Labute approximate surface area is 161 Å². The molecule has 4 rings (SSSR count). The molecule has 3 heterocycles. The fourth-order valence-corrected chi connectivity index (χ4v) is 4.28. The van der Waals surface area contributed by atoms with Gasteiger partial charge in [-0.25, -0.2) is 4.98 Å². The highest BCUT2D eigenvalue weighted by Crippen LogP contribution is 2.40. The third-order valence-corrected chi connectivity index (χ3v) is 6.20. The van der Waals surface area contributed by atoms with Crippen LogP contribution in [0, 0.1) is 0 Å². The van der Waals surface area contributed by atoms with Crippen LogP contribution in [0.4, 0.5) is 5.69 Å². The van der Waals surface area contributed by atoms with Gasteiger partial charge < -0.3 is 9.47 Å². The summed E-state index contributed by atoms with van der Waals surface area (Å²) in [6, 6.07) is 8.55. The minimum Gasteiger partial charge on any atom is -0.337 e. The molecule has 1 fully saturated rings. The van der Waals surface area contributed by atoms with Gasteiger partial charge in [0, 0.05) is 63.3 Å². The molecule has 2 aliphatic rings. The lowest BCUT2D eigenvalue weighted by Crippen LogP contribution is -2.50. The molecule has 0 saturated carbocycles. The highest BCUT2D eigenvalue weighted by Gasteiger charge is 2.36. The Kier molecular flexibility index (Phi) is 5.02. The zero-order chi connectivity index (χ0) is 19.0. The molecule has 2 aliphatic heterocycles. The normalized spacial score (nSPS) is 23.6. The molecule has 6 nitrogen and oxygen atoms in total. The Balaban J connectivity index is 1.34. The highest BCUT2D eigenvalue weighted by atomic mass is 16.2. The number of nitrogens with zero attached hydrogens (tertiary/aromatic N) is 5. The van der Waals surface area contributed by atoms with Crippen molar-refractivity contribution in [1.29, 1.82) is 0 Å². The summed E-state index contributed by atoms with van der Waals surface area (Å²) in [6.45, 7) is 9.55. The fraction of sp³-hybridized carbons (Fsp3) is 0.524. The van der Waals surface area contributed by atoms with E-state index >= 15 is 0 Å². The smallest absolute Gasteiger partial charge is 0.241 e. The van der Waals surface area contributed by atoms with Crippen molar-refractivity contribution in [1.82, 2.24) is 19.4 Å². The molecule has 1 saturated heterocycles. The molecule has 6 heteroatoms. The van der Waals surface area contributed by atoms with E-state index in [1.54, 1.807) is 0 Å². The van der Waals surface area contributed by atoms with Gasteiger partial charge in [-0.05, 0) is 18.6 Å². The molecule has 0 bridgehead atoms. The van der Waals surface area contributed by atoms with Crippen molar-refractivity contribution in [2.75, 3.05) is 37.6 Å². The van der Waals surface area contributed by atoms with Gasteiger partial charge in [-0.15, -0.1) is 0 Å². The standard InChI is InChI=1S/C21H29N5O/c1-16-17(2)26(19-7-5-4-6-18(16)19)21(27)15-25-12-10-24(11-13-25)14-20-22-8-9-23(20)3/h4-9,16-17H,10-15H2,1-3H3. The van der Waals surface area contributed by atoms with Crippen LogP contribution in [0.5, 0.6) is 0 Å². The summed E-state index contributed by atoms with van der Waals surface area (Å²) in [6.07, 6.45) is 3.83. The van der Waals surface area contributed by atoms with Crippen molar-refractivity contribution < 1.29 is 4.79 Å². The lowest BCUT2D eigenvalue weighted by atomic mass is 9.98. The largest absolute Gasteiger partial charge is 0.337 e. The lowest BCUT2D eigenvalue weighted by molar-refractivity contribution is -0.120. The maximum Gasteiger partial charge on any atom is 0.241 e. The number of imidazole rings is 1. The number of aromatic nitrogens is 2. The van der Waals surface area contributed by atoms with Gasteiger partial charge in [0.1, 0.15) is 5.82 Å². The Hall–Kier alpha value is -2.18. The zero-order valence-corrected chi connectivity index (χ0v) is 16.5. The van der Waals surface area contributed by atoms with E-state index in [0.717, 1.165) is 44.2 Å². The number of benzene rings is 1. The van der Waals surface area contributed by atoms with Crippen molar-refractivity contribution in [3.05, 3.63) is 48.0 Å². The third kappa shape index (κ3) is 3.51. The molecule has 2 atom stereocenters. The van der Waals surface area contributed by atoms with E-state index in [-0.39, 0.29) is 11.9 Å². The molecule has 0 spiro atoms. The molecule has 2 aromatic rings. The molecule has 0 radical (unpaired) electrons. The number of para-hydroxylation sites is 1. The van der Waals surface area contributed by atoms with Gasteiger partial charge in [0.2, 0.25) is 5.91 Å². The van der Waals surface area contributed by atoms with Gasteiger partial charge in [-0.1, -0.05) is 25.1 Å². The van der Waals surface area contributed by atoms with Gasteiger partial charge in [0.15, 0.2) is 0 Å². The summed E-state index contributed by atoms with van der Waals surface area (Å²) in [5, 5.41) is 0. The highest BCUT2D eigenvalue weighted by molar-refractivity contribution is 5.97. The van der Waals surface area contributed by atoms with Gasteiger partial charge in [0.05, 0.1) is 13.1 Å². The van der Waals surface area contributed by atoms with Crippen LogP contribution >= 0.6 is 0 Å². The first-order valence-electron chi connectivity index (χ1n) is 9.86. The van der Waals surface area contributed by atoms with Gasteiger partial charge in [-0.2, -0.15) is 0 Å². The summed E-state index contributed by atoms with van der Waals surface area (Å²) in [7, 11) is 2.04. The second kappa shape index (κ2) is 7.44. The van der Waals surface area contributed by atoms with E-state index in [4.69, 9.17) is 0 Å². The van der Waals surface area contributed by atoms with E-state index < -0.39 is 0 Å². The van der Waals surface area contributed by atoms with Crippen molar-refractivity contribution in [2.45, 2.75) is 32.4 Å². The minimum atomic E-state index is 0.219. The van der Waals surface area contributed by atoms with Gasteiger partial charge >= 0.3 is 0 Å². The van der Waals surface area contributed by atoms with Gasteiger partial charge in [0.25, 0.3) is 0 Å². The second-order valence-corrected chi connectivity index (χ2v) is 7.86. The number of carbonyl (C=O) groups excluding carboxylic acids is 1. The monoisotopic (exact) mass is 367 g/mol. The first-order chi connectivity index (χ1) is 13.0. The molecule has 1 aromatic carbocycles. The van der Waals surface area contributed by atoms with Crippen LogP contribution in [0.2, 0.25) is 0 Å². The zero-order valence-electron chi connectivity index (χ0n) is 16.5. The Bertz CT molecular complexity index is 808. The molecule has 144 valence electrons. The van der Waals surface area contributed by atoms with Crippen molar-refractivity contribution in [2.24, 2.45) is 7.05 Å². The Morgan fingerprint density at radius 2 is 1.81 bits per heavy atom. The number of amides is 1. The first-order valence-corrected chi connectivity index (χ1v) is 9.86. The summed E-state index contributed by atoms with van der Waals surface area (Å²) < 4.78 is 2.07. The third-order valence-electron chi connectivity index (χ3n) is 6.20. The summed E-state index contributed by atoms with van der Waals surface area (Å²) in [5.74, 6) is 1.70. The molecular formula is C21H29N5O. The molecule has 0 aliphatic carbocycles. The molecule has 2 unspecified atom stereocenters. The fourth-order valence-electron chi connectivity index (χ4n) is 4.28. The topological polar surface area (TPSA) is 44.6 Å². The van der Waals surface area contributed by atoms with Crippen LogP contribution in [-0.4, -0.2) is 64.0 Å². The van der Waals surface area contributed by atoms with Crippen LogP contribution in [0.15, 0.2) is 36.7 Å². The maximum atomic E-state index is 13.1. The van der Waals surface area contributed by atoms with Crippen molar-refractivity contribution in [3.8, 4) is 0 Å². The summed E-state index contributed by atoms with van der Waals surface area (Å²) in [4.78, 5) is 24.2. The van der Waals surface area contributed by atoms with Crippen LogP contribution in [0.3, 0.4) is 0 Å². The second-order valence-electron chi connectivity index (χ2n) is 7.86. The number of aryl methyl sites for hydroxylation is 1. The van der Waals surface area contributed by atoms with Crippen LogP contribution in [0.1, 0.15) is 31.2 Å². The van der Waals surface area contributed by atoms with E-state index in [1.165, 1.54) is 5.56 Å². The van der Waals surface area contributed by atoms with Crippen molar-refractivity contribution in [3.63, 3.8) is 0 Å². The van der Waals surface area contributed by atoms with E-state index in [1.807, 2.05) is 30.4 Å². The number of carbonyl (C=O) groups is 1. The SMILES string of the molecule is CC1c2ccccc2N(C(=O)CN2CCN(Cc3nccn3C)CC2)C1C. The van der Waals surface area contributed by atoms with Crippen LogP contribution < -0.4 is 4.90 Å². The predicted molar refractivity (Wildman–Crippen MR) is 107 cm³/mol. The van der Waals surface area contributed by atoms with Crippen molar-refractivity contribution >= 4 is 11.6 Å². The predicted octanol–water partition coefficient (Wildman–Crippen LogP) is 2.08. The number of piperazine rings is 1. The lowest BCUT2D eigenvalue weighted by Gasteiger charge is -2.35. The molecule has 27 heavy (non-hydrogen) atoms. The molecule has 0 N–H and O–H groups in total. The summed E-state index contributed by atoms with van der Waals surface area (Å²) >= 11 is 0. The van der Waals surface area contributed by atoms with Crippen LogP contribution in [0.25, 0.3) is 0 Å². The minimum absolute atomic E-state index is 0.219. The average Bonchev–Trinajstić information content (AvgIpc) is 3.18. The number of anilines is 1. The van der Waals surface area contributed by atoms with Crippen LogP contribution in [-0.2, 0) is 18.4 Å². The molecule has 1 amide bonds. The average molecular weight is 367 g/mol. The van der Waals surface area contributed by atoms with E-state index in [9.17, 15) is 4.79 Å². The Morgan fingerprint density at radius 3 is 2.52 bits per heavy atom. The number of fused-ring (bicyclic) bond motifs is 1. The number of hydrogen-bond acceptors (Lipinski definition) is 4. The van der Waals surface area contributed by atoms with Gasteiger partial charge in [-0.3, -0.25) is 14.6 Å². The molecule has 1 aromatic heterocycles. The van der Waals surface area contributed by atoms with E-state index in [0.29, 0.717) is 12.5 Å². The maximum absolute atomic E-state index is 13.1. The number of hydrogen-bond donors (Lipinski definition) is 0. The Morgan fingerprint density at radius 1 is 1.11 bits per heavy atom. The summed E-state index contributed by atoms with van der Waals surface area (Å²) in [5.41, 5.74) is 2.38. The quantitative estimate of drug-likeness (QED) is 0.830. The number of rotatable bonds is 4. The molecular weight excluding hydrogens is 338 g/mol. The first kappa shape index (κ1) is 18.2. The van der Waals surface area contributed by atoms with E-state index in [2.05, 4.69) is 51.4 Å².